The van der Waals surface area contributed by atoms with Crippen molar-refractivity contribution in [2.45, 2.75) is 5.75 Å². The molecule has 1 heterocycles. The minimum Gasteiger partial charge on any atom is -0.508 e. The largest absolute Gasteiger partial charge is 0.508 e. The summed E-state index contributed by atoms with van der Waals surface area (Å²) in [5, 5.41) is 12.7. The summed E-state index contributed by atoms with van der Waals surface area (Å²) in [7, 11) is 0. The third-order valence-corrected chi connectivity index (χ3v) is 3.55. The number of fused-ring (bicyclic) bond motifs is 1. The number of thioether (sulfide) groups is 1. The van der Waals surface area contributed by atoms with Gasteiger partial charge in [-0.2, -0.15) is 11.8 Å². The molecule has 0 fully saturated rings. The van der Waals surface area contributed by atoms with Crippen LogP contribution >= 0.6 is 23.1 Å². The van der Waals surface area contributed by atoms with E-state index >= 15 is 0 Å². The van der Waals surface area contributed by atoms with E-state index in [1.54, 1.807) is 29.2 Å². The van der Waals surface area contributed by atoms with Crippen molar-refractivity contribution in [1.82, 2.24) is 0 Å². The van der Waals surface area contributed by atoms with Gasteiger partial charge in [-0.15, -0.1) is 11.3 Å². The highest BCUT2D eigenvalue weighted by atomic mass is 32.2. The van der Waals surface area contributed by atoms with Crippen molar-refractivity contribution < 1.29 is 5.11 Å². The van der Waals surface area contributed by atoms with Crippen molar-refractivity contribution in [3.63, 3.8) is 0 Å². The van der Waals surface area contributed by atoms with E-state index in [9.17, 15) is 5.11 Å². The van der Waals surface area contributed by atoms with Gasteiger partial charge in [0.15, 0.2) is 0 Å². The summed E-state index contributed by atoms with van der Waals surface area (Å²) >= 11 is 3.54. The van der Waals surface area contributed by atoms with Crippen molar-refractivity contribution in [3.8, 4) is 5.75 Å². The average molecular weight is 210 g/mol. The molecule has 3 heteroatoms. The summed E-state index contributed by atoms with van der Waals surface area (Å²) in [6.45, 7) is 0. The van der Waals surface area contributed by atoms with Crippen LogP contribution in [0.5, 0.6) is 5.75 Å². The topological polar surface area (TPSA) is 20.2 Å². The molecule has 1 aromatic carbocycles. The quantitative estimate of drug-likeness (QED) is 0.819. The minimum absolute atomic E-state index is 0.355. The van der Waals surface area contributed by atoms with Crippen LogP contribution < -0.4 is 0 Å². The van der Waals surface area contributed by atoms with Crippen LogP contribution in [0.2, 0.25) is 0 Å². The second-order valence-electron chi connectivity index (χ2n) is 2.87. The number of hydrogen-bond acceptors (Lipinski definition) is 3. The zero-order valence-corrected chi connectivity index (χ0v) is 8.91. The van der Waals surface area contributed by atoms with Crippen LogP contribution in [0.4, 0.5) is 0 Å². The van der Waals surface area contributed by atoms with Gasteiger partial charge in [-0.05, 0) is 35.4 Å². The summed E-state index contributed by atoms with van der Waals surface area (Å²) in [6, 6.07) is 5.55. The predicted octanol–water partition coefficient (Wildman–Crippen LogP) is 3.47. The lowest BCUT2D eigenvalue weighted by Crippen LogP contribution is -1.75. The average Bonchev–Trinajstić information content (AvgIpc) is 2.49. The maximum Gasteiger partial charge on any atom is 0.116 e. The summed E-state index contributed by atoms with van der Waals surface area (Å²) in [6.07, 6.45) is 2.09. The Balaban J connectivity index is 2.58. The van der Waals surface area contributed by atoms with Gasteiger partial charge in [-0.3, -0.25) is 0 Å². The van der Waals surface area contributed by atoms with Gasteiger partial charge >= 0.3 is 0 Å². The standard InChI is InChI=1S/C10H10OS2/c1-12-5-7-6-13-10-3-2-8(11)4-9(7)10/h2-4,6,11H,5H2,1H3. The fourth-order valence-corrected chi connectivity index (χ4v) is 2.94. The molecule has 0 saturated heterocycles. The Morgan fingerprint density at radius 3 is 3.08 bits per heavy atom. The summed E-state index contributed by atoms with van der Waals surface area (Å²) < 4.78 is 1.25. The van der Waals surface area contributed by atoms with E-state index in [1.807, 2.05) is 12.1 Å². The maximum atomic E-state index is 9.34. The number of benzene rings is 1. The Morgan fingerprint density at radius 2 is 2.31 bits per heavy atom. The first-order valence-corrected chi connectivity index (χ1v) is 6.26. The third-order valence-electron chi connectivity index (χ3n) is 1.94. The van der Waals surface area contributed by atoms with Crippen LogP contribution in [-0.4, -0.2) is 11.4 Å². The monoisotopic (exact) mass is 210 g/mol. The number of phenols is 1. The molecule has 0 spiro atoms. The molecule has 0 unspecified atom stereocenters. The predicted molar refractivity (Wildman–Crippen MR) is 60.7 cm³/mol. The Hall–Kier alpha value is -0.670. The Morgan fingerprint density at radius 1 is 1.46 bits per heavy atom. The fraction of sp³-hybridized carbons (Fsp3) is 0.200. The molecular formula is C10H10OS2. The molecule has 0 aliphatic carbocycles. The van der Waals surface area contributed by atoms with Gasteiger partial charge in [0.2, 0.25) is 0 Å². The van der Waals surface area contributed by atoms with Gasteiger partial charge in [0.25, 0.3) is 0 Å². The second-order valence-corrected chi connectivity index (χ2v) is 4.65. The Bertz CT molecular complexity index is 420. The van der Waals surface area contributed by atoms with E-state index in [2.05, 4.69) is 11.6 Å². The highest BCUT2D eigenvalue weighted by Crippen LogP contribution is 2.30. The Labute approximate surface area is 85.4 Å². The normalized spacial score (nSPS) is 10.8. The summed E-state index contributed by atoms with van der Waals surface area (Å²) in [5.41, 5.74) is 1.32. The van der Waals surface area contributed by atoms with Crippen molar-refractivity contribution in [3.05, 3.63) is 29.1 Å². The summed E-state index contributed by atoms with van der Waals surface area (Å²) in [4.78, 5) is 0. The first-order valence-electron chi connectivity index (χ1n) is 3.99. The molecule has 0 saturated carbocycles. The van der Waals surface area contributed by atoms with Crippen molar-refractivity contribution >= 4 is 33.2 Å². The van der Waals surface area contributed by atoms with Gasteiger partial charge in [0, 0.05) is 15.8 Å². The zero-order chi connectivity index (χ0) is 9.26. The van der Waals surface area contributed by atoms with Gasteiger partial charge in [0.1, 0.15) is 5.75 Å². The van der Waals surface area contributed by atoms with Gasteiger partial charge in [-0.1, -0.05) is 0 Å². The lowest BCUT2D eigenvalue weighted by atomic mass is 10.2. The number of rotatable bonds is 2. The van der Waals surface area contributed by atoms with E-state index in [1.165, 1.54) is 15.6 Å². The highest BCUT2D eigenvalue weighted by Gasteiger charge is 2.03. The van der Waals surface area contributed by atoms with Crippen LogP contribution in [0.1, 0.15) is 5.56 Å². The molecule has 0 radical (unpaired) electrons. The zero-order valence-electron chi connectivity index (χ0n) is 7.28. The number of phenolic OH excluding ortho intramolecular Hbond substituents is 1. The number of hydrogen-bond donors (Lipinski definition) is 1. The molecule has 0 aliphatic rings. The van der Waals surface area contributed by atoms with E-state index in [-0.39, 0.29) is 0 Å². The lowest BCUT2D eigenvalue weighted by Gasteiger charge is -1.96. The van der Waals surface area contributed by atoms with Crippen molar-refractivity contribution in [1.29, 1.82) is 0 Å². The van der Waals surface area contributed by atoms with Crippen LogP contribution in [0.25, 0.3) is 10.1 Å². The van der Waals surface area contributed by atoms with Crippen molar-refractivity contribution in [2.75, 3.05) is 6.26 Å². The van der Waals surface area contributed by atoms with Gasteiger partial charge in [-0.25, -0.2) is 0 Å². The molecule has 0 bridgehead atoms. The molecular weight excluding hydrogens is 200 g/mol. The lowest BCUT2D eigenvalue weighted by molar-refractivity contribution is 0.476. The molecule has 0 atom stereocenters. The van der Waals surface area contributed by atoms with Crippen LogP contribution in [0.3, 0.4) is 0 Å². The molecule has 2 aromatic rings. The van der Waals surface area contributed by atoms with Crippen LogP contribution in [0.15, 0.2) is 23.6 Å². The molecule has 1 N–H and O–H groups in total. The van der Waals surface area contributed by atoms with Gasteiger partial charge in [0.05, 0.1) is 0 Å². The summed E-state index contributed by atoms with van der Waals surface area (Å²) in [5.74, 6) is 1.37. The van der Waals surface area contributed by atoms with Crippen molar-refractivity contribution in [2.24, 2.45) is 0 Å². The second kappa shape index (κ2) is 3.60. The molecule has 0 amide bonds. The first-order chi connectivity index (χ1) is 6.31. The SMILES string of the molecule is CSCc1csc2ccc(O)cc12. The maximum absolute atomic E-state index is 9.34. The third kappa shape index (κ3) is 1.67. The number of thiophene rings is 1. The first kappa shape index (κ1) is 8.91. The minimum atomic E-state index is 0.355. The van der Waals surface area contributed by atoms with E-state index < -0.39 is 0 Å². The smallest absolute Gasteiger partial charge is 0.116 e. The fourth-order valence-electron chi connectivity index (χ4n) is 1.34. The van der Waals surface area contributed by atoms with Crippen LogP contribution in [0, 0.1) is 0 Å². The molecule has 68 valence electrons. The number of aromatic hydroxyl groups is 1. The molecule has 1 nitrogen and oxygen atoms in total. The van der Waals surface area contributed by atoms with Crippen LogP contribution in [-0.2, 0) is 5.75 Å². The van der Waals surface area contributed by atoms with E-state index in [4.69, 9.17) is 0 Å². The molecule has 1 aromatic heterocycles. The molecule has 13 heavy (non-hydrogen) atoms. The molecule has 2 rings (SSSR count). The molecule has 0 aliphatic heterocycles. The van der Waals surface area contributed by atoms with Gasteiger partial charge < -0.3 is 5.11 Å². The van der Waals surface area contributed by atoms with E-state index in [0.717, 1.165) is 5.75 Å². The highest BCUT2D eigenvalue weighted by molar-refractivity contribution is 7.97. The Kier molecular flexibility index (Phi) is 2.47. The van der Waals surface area contributed by atoms with E-state index in [0.29, 0.717) is 5.75 Å².